The number of rotatable bonds is 6. The number of amides is 1. The number of pyridine rings is 1. The van der Waals surface area contributed by atoms with Gasteiger partial charge in [0.25, 0.3) is 0 Å². The molecule has 5 rings (SSSR count). The second-order valence-electron chi connectivity index (χ2n) is 9.59. The second-order valence-corrected chi connectivity index (χ2v) is 10.4. The summed E-state index contributed by atoms with van der Waals surface area (Å²) in [5.41, 5.74) is 7.80. The lowest BCUT2D eigenvalue weighted by atomic mass is 9.93. The Morgan fingerprint density at radius 2 is 1.85 bits per heavy atom. The third-order valence-electron chi connectivity index (χ3n) is 7.24. The van der Waals surface area contributed by atoms with E-state index in [0.29, 0.717) is 21.6 Å². The smallest absolute Gasteiger partial charge is 0.221 e. The molecule has 1 saturated heterocycles. The minimum absolute atomic E-state index is 0.184. The number of aromatic nitrogens is 2. The Hall–Kier alpha value is -3.88. The van der Waals surface area contributed by atoms with Crippen LogP contribution in [0.15, 0.2) is 66.9 Å². The summed E-state index contributed by atoms with van der Waals surface area (Å²) in [6.07, 6.45) is 1.80. The van der Waals surface area contributed by atoms with Crippen LogP contribution in [0.3, 0.4) is 0 Å². The van der Waals surface area contributed by atoms with Gasteiger partial charge < -0.3 is 24.8 Å². The summed E-state index contributed by atoms with van der Waals surface area (Å²) in [4.78, 5) is 18.7. The van der Waals surface area contributed by atoms with Crippen LogP contribution in [-0.4, -0.2) is 27.7 Å². The molecule has 0 spiro atoms. The van der Waals surface area contributed by atoms with Crippen molar-refractivity contribution in [3.63, 3.8) is 0 Å². The van der Waals surface area contributed by atoms with Crippen molar-refractivity contribution in [3.8, 4) is 11.4 Å². The number of halogens is 1. The molecule has 200 valence electrons. The van der Waals surface area contributed by atoms with Crippen LogP contribution in [0.5, 0.6) is 5.75 Å². The molecule has 39 heavy (non-hydrogen) atoms. The number of thiocarbonyl (C=S) groups is 1. The fourth-order valence-electron chi connectivity index (χ4n) is 5.50. The number of carbonyl (C=O) groups is 1. The topological polar surface area (TPSA) is 71.4 Å². The lowest BCUT2D eigenvalue weighted by Gasteiger charge is -2.29. The molecule has 7 nitrogen and oxygen atoms in total. The predicted molar refractivity (Wildman–Crippen MR) is 160 cm³/mol. The number of hydrogen-bond acceptors (Lipinski definition) is 4. The molecule has 1 aliphatic rings. The van der Waals surface area contributed by atoms with Gasteiger partial charge in [0.1, 0.15) is 5.75 Å². The van der Waals surface area contributed by atoms with Gasteiger partial charge in [-0.1, -0.05) is 23.7 Å². The lowest BCUT2D eigenvalue weighted by molar-refractivity contribution is -0.114. The van der Waals surface area contributed by atoms with Crippen molar-refractivity contribution < 1.29 is 9.53 Å². The molecule has 1 fully saturated rings. The summed E-state index contributed by atoms with van der Waals surface area (Å²) in [5.74, 6) is 0.386. The zero-order valence-electron chi connectivity index (χ0n) is 22.4. The number of carbonyl (C=O) groups excluding carboxylic acids is 1. The van der Waals surface area contributed by atoms with E-state index in [1.54, 1.807) is 13.3 Å². The molecular formula is C30H30ClN5O2S. The highest BCUT2D eigenvalue weighted by Crippen LogP contribution is 2.46. The van der Waals surface area contributed by atoms with Crippen LogP contribution in [0.1, 0.15) is 47.2 Å². The van der Waals surface area contributed by atoms with Crippen molar-refractivity contribution in [2.75, 3.05) is 17.3 Å². The minimum Gasteiger partial charge on any atom is -0.495 e. The Morgan fingerprint density at radius 3 is 2.51 bits per heavy atom. The van der Waals surface area contributed by atoms with E-state index in [1.807, 2.05) is 54.6 Å². The van der Waals surface area contributed by atoms with E-state index in [1.165, 1.54) is 6.92 Å². The molecule has 0 unspecified atom stereocenters. The number of anilines is 2. The third-order valence-corrected chi connectivity index (χ3v) is 7.79. The largest absolute Gasteiger partial charge is 0.495 e. The van der Waals surface area contributed by atoms with Gasteiger partial charge in [0.2, 0.25) is 5.91 Å². The quantitative estimate of drug-likeness (QED) is 0.259. The highest BCUT2D eigenvalue weighted by Gasteiger charge is 2.43. The molecule has 2 aromatic heterocycles. The molecule has 0 radical (unpaired) electrons. The third kappa shape index (κ3) is 4.86. The van der Waals surface area contributed by atoms with Gasteiger partial charge in [0.15, 0.2) is 5.11 Å². The maximum Gasteiger partial charge on any atom is 0.221 e. The maximum absolute atomic E-state index is 12.0. The Labute approximate surface area is 238 Å². The van der Waals surface area contributed by atoms with Crippen molar-refractivity contribution in [1.82, 2.24) is 14.9 Å². The van der Waals surface area contributed by atoms with E-state index in [2.05, 4.69) is 46.9 Å². The highest BCUT2D eigenvalue weighted by atomic mass is 35.5. The Bertz CT molecular complexity index is 1570. The highest BCUT2D eigenvalue weighted by molar-refractivity contribution is 7.80. The summed E-state index contributed by atoms with van der Waals surface area (Å²) in [6, 6.07) is 19.0. The van der Waals surface area contributed by atoms with Gasteiger partial charge >= 0.3 is 0 Å². The molecule has 2 aromatic carbocycles. The number of nitrogens with one attached hydrogen (secondary N) is 2. The van der Waals surface area contributed by atoms with Crippen LogP contribution in [0.4, 0.5) is 11.4 Å². The predicted octanol–water partition coefficient (Wildman–Crippen LogP) is 6.60. The molecule has 2 atom stereocenters. The molecule has 1 amide bonds. The average Bonchev–Trinajstić information content (AvgIpc) is 3.36. The van der Waals surface area contributed by atoms with Crippen LogP contribution >= 0.6 is 23.8 Å². The van der Waals surface area contributed by atoms with E-state index < -0.39 is 0 Å². The number of hydrogen-bond donors (Lipinski definition) is 2. The summed E-state index contributed by atoms with van der Waals surface area (Å²) in [6.45, 7) is 7.87. The zero-order valence-corrected chi connectivity index (χ0v) is 24.0. The van der Waals surface area contributed by atoms with E-state index in [0.717, 1.165) is 39.6 Å². The van der Waals surface area contributed by atoms with Crippen molar-refractivity contribution >= 4 is 46.2 Å². The lowest BCUT2D eigenvalue weighted by Crippen LogP contribution is -2.30. The standard InChI is InChI=1S/C30H30ClN5O2S/c1-17-18(2)35(22-10-8-9-21(31)15-22)19(3)27(17)29-28(24-11-6-7-14-32-24)34-30(39)36(29)23-12-13-26(38-5)25(16-23)33-20(4)37/h6-16,28-29H,1-5H3,(H,33,37)(H,34,39)/t28-,29+/m0/s1. The van der Waals surface area contributed by atoms with Gasteiger partial charge in [-0.3, -0.25) is 9.78 Å². The molecule has 0 bridgehead atoms. The van der Waals surface area contributed by atoms with Gasteiger partial charge in [-0.2, -0.15) is 0 Å². The number of benzene rings is 2. The molecule has 2 N–H and O–H groups in total. The fraction of sp³-hybridized carbons (Fsp3) is 0.233. The molecule has 9 heteroatoms. The van der Waals surface area contributed by atoms with Crippen LogP contribution in [-0.2, 0) is 4.79 Å². The molecule has 4 aromatic rings. The van der Waals surface area contributed by atoms with Crippen molar-refractivity contribution in [1.29, 1.82) is 0 Å². The average molecular weight is 560 g/mol. The summed E-state index contributed by atoms with van der Waals surface area (Å²) in [5, 5.41) is 7.67. The van der Waals surface area contributed by atoms with Gasteiger partial charge in [-0.25, -0.2) is 0 Å². The van der Waals surface area contributed by atoms with Gasteiger partial charge in [-0.05, 0) is 87.1 Å². The minimum atomic E-state index is -0.217. The first-order valence-electron chi connectivity index (χ1n) is 12.6. The molecule has 1 aliphatic heterocycles. The van der Waals surface area contributed by atoms with E-state index in [-0.39, 0.29) is 18.0 Å². The normalized spacial score (nSPS) is 16.8. The first-order chi connectivity index (χ1) is 18.7. The Kier molecular flexibility index (Phi) is 7.34. The zero-order chi connectivity index (χ0) is 27.8. The summed E-state index contributed by atoms with van der Waals surface area (Å²) >= 11 is 12.3. The van der Waals surface area contributed by atoms with Crippen LogP contribution in [0.25, 0.3) is 5.69 Å². The van der Waals surface area contributed by atoms with E-state index in [9.17, 15) is 4.79 Å². The van der Waals surface area contributed by atoms with Gasteiger partial charge in [-0.15, -0.1) is 0 Å². The first-order valence-corrected chi connectivity index (χ1v) is 13.4. The molecule has 3 heterocycles. The van der Waals surface area contributed by atoms with Crippen LogP contribution in [0, 0.1) is 20.8 Å². The SMILES string of the molecule is COc1ccc(N2C(=S)N[C@@H](c3ccccn3)[C@H]2c2c(C)c(C)n(-c3cccc(Cl)c3)c2C)cc1NC(C)=O. The van der Waals surface area contributed by atoms with Crippen LogP contribution in [0.2, 0.25) is 5.02 Å². The monoisotopic (exact) mass is 559 g/mol. The van der Waals surface area contributed by atoms with Crippen molar-refractivity contribution in [3.05, 3.63) is 100 Å². The first kappa shape index (κ1) is 26.7. The van der Waals surface area contributed by atoms with Crippen molar-refractivity contribution in [2.24, 2.45) is 0 Å². The Balaban J connectivity index is 1.72. The Morgan fingerprint density at radius 1 is 1.05 bits per heavy atom. The van der Waals surface area contributed by atoms with Crippen LogP contribution < -0.4 is 20.3 Å². The van der Waals surface area contributed by atoms with Gasteiger partial charge in [0.05, 0.1) is 30.6 Å². The molecule has 0 saturated carbocycles. The fourth-order valence-corrected chi connectivity index (χ4v) is 6.03. The molecule has 0 aliphatic carbocycles. The summed E-state index contributed by atoms with van der Waals surface area (Å²) < 4.78 is 7.74. The summed E-state index contributed by atoms with van der Waals surface area (Å²) in [7, 11) is 1.58. The maximum atomic E-state index is 12.0. The van der Waals surface area contributed by atoms with Gasteiger partial charge in [0, 0.05) is 46.5 Å². The number of methoxy groups -OCH3 is 1. The molecular weight excluding hydrogens is 530 g/mol. The second kappa shape index (κ2) is 10.7. The number of ether oxygens (including phenoxy) is 1. The van der Waals surface area contributed by atoms with E-state index in [4.69, 9.17) is 33.5 Å². The van der Waals surface area contributed by atoms with Crippen molar-refractivity contribution in [2.45, 2.75) is 39.8 Å². The van der Waals surface area contributed by atoms with E-state index >= 15 is 0 Å². The number of nitrogens with zero attached hydrogens (tertiary/aromatic N) is 3.